The van der Waals surface area contributed by atoms with Crippen LogP contribution < -0.4 is 0 Å². The molecule has 1 amide bonds. The first-order chi connectivity index (χ1) is 7.31. The van der Waals surface area contributed by atoms with Crippen LogP contribution in [0.25, 0.3) is 0 Å². The van der Waals surface area contributed by atoms with Gasteiger partial charge in [-0.05, 0) is 6.07 Å². The molecule has 0 aromatic carbocycles. The fourth-order valence-corrected chi connectivity index (χ4v) is 1.46. The summed E-state index contributed by atoms with van der Waals surface area (Å²) in [5.41, 5.74) is 0.439. The highest BCUT2D eigenvalue weighted by atomic mass is 16.5. The third-order valence-electron chi connectivity index (χ3n) is 2.23. The van der Waals surface area contributed by atoms with Crippen molar-refractivity contribution in [3.8, 4) is 6.07 Å². The van der Waals surface area contributed by atoms with Crippen LogP contribution in [0.5, 0.6) is 0 Å². The molecule has 0 saturated carbocycles. The number of ether oxygens (including phenoxy) is 1. The Bertz CT molecular complexity index is 381. The summed E-state index contributed by atoms with van der Waals surface area (Å²) >= 11 is 0. The number of H-pyrrole nitrogens is 1. The average molecular weight is 206 g/mol. The molecule has 0 bridgehead atoms. The van der Waals surface area contributed by atoms with Crippen LogP contribution in [0.1, 0.15) is 10.5 Å². The summed E-state index contributed by atoms with van der Waals surface area (Å²) < 4.78 is 5.14. The molecule has 1 aliphatic heterocycles. The van der Waals surface area contributed by atoms with Crippen molar-refractivity contribution < 1.29 is 9.53 Å². The molecule has 1 aromatic rings. The van der Waals surface area contributed by atoms with Gasteiger partial charge in [-0.1, -0.05) is 0 Å². The molecular weight excluding hydrogens is 196 g/mol. The van der Waals surface area contributed by atoms with E-state index in [4.69, 9.17) is 10.00 Å². The molecular formula is C9H10N4O2. The molecule has 0 aliphatic carbocycles. The monoisotopic (exact) mass is 206 g/mol. The lowest BCUT2D eigenvalue weighted by Crippen LogP contribution is -2.45. The number of aromatic nitrogens is 2. The van der Waals surface area contributed by atoms with E-state index in [1.165, 1.54) is 6.20 Å². The first kappa shape index (κ1) is 9.68. The second-order valence-electron chi connectivity index (χ2n) is 3.21. The number of aromatic amines is 1. The molecule has 2 heterocycles. The maximum absolute atomic E-state index is 11.8. The Kier molecular flexibility index (Phi) is 2.65. The van der Waals surface area contributed by atoms with E-state index in [2.05, 4.69) is 10.2 Å². The molecule has 78 valence electrons. The Hall–Kier alpha value is -1.87. The molecule has 1 N–H and O–H groups in total. The van der Waals surface area contributed by atoms with Crippen molar-refractivity contribution in [2.45, 2.75) is 6.10 Å². The largest absolute Gasteiger partial charge is 0.360 e. The van der Waals surface area contributed by atoms with Crippen molar-refractivity contribution in [2.24, 2.45) is 0 Å². The molecule has 1 atom stereocenters. The smallest absolute Gasteiger partial charge is 0.272 e. The molecule has 15 heavy (non-hydrogen) atoms. The van der Waals surface area contributed by atoms with Crippen molar-refractivity contribution in [3.05, 3.63) is 18.0 Å². The van der Waals surface area contributed by atoms with E-state index in [0.717, 1.165) is 0 Å². The van der Waals surface area contributed by atoms with Gasteiger partial charge in [0.25, 0.3) is 5.91 Å². The van der Waals surface area contributed by atoms with Gasteiger partial charge in [-0.25, -0.2) is 0 Å². The molecule has 1 aromatic heterocycles. The third kappa shape index (κ3) is 1.97. The van der Waals surface area contributed by atoms with Gasteiger partial charge < -0.3 is 9.64 Å². The molecule has 1 aliphatic rings. The van der Waals surface area contributed by atoms with Crippen LogP contribution >= 0.6 is 0 Å². The zero-order valence-corrected chi connectivity index (χ0v) is 8.01. The Labute approximate surface area is 86.4 Å². The molecule has 0 spiro atoms. The second-order valence-corrected chi connectivity index (χ2v) is 3.21. The standard InChI is InChI=1S/C9H10N4O2/c10-5-7-6-13(3-4-15-7)9(14)8-1-2-11-12-8/h1-2,7H,3-4,6H2,(H,11,12). The predicted molar refractivity (Wildman–Crippen MR) is 49.8 cm³/mol. The van der Waals surface area contributed by atoms with Gasteiger partial charge in [0.1, 0.15) is 5.69 Å². The summed E-state index contributed by atoms with van der Waals surface area (Å²) in [7, 11) is 0. The van der Waals surface area contributed by atoms with Crippen molar-refractivity contribution in [2.75, 3.05) is 19.7 Å². The minimum Gasteiger partial charge on any atom is -0.360 e. The number of nitrogens with zero attached hydrogens (tertiary/aromatic N) is 3. The number of hydrogen-bond acceptors (Lipinski definition) is 4. The molecule has 6 nitrogen and oxygen atoms in total. The zero-order chi connectivity index (χ0) is 10.7. The number of carbonyl (C=O) groups excluding carboxylic acids is 1. The van der Waals surface area contributed by atoms with E-state index in [1.807, 2.05) is 6.07 Å². The third-order valence-corrected chi connectivity index (χ3v) is 2.23. The highest BCUT2D eigenvalue weighted by Crippen LogP contribution is 2.08. The summed E-state index contributed by atoms with van der Waals surface area (Å²) in [6.45, 7) is 1.22. The SMILES string of the molecule is N#CC1CN(C(=O)c2ccn[nH]2)CCO1. The summed E-state index contributed by atoms with van der Waals surface area (Å²) in [5.74, 6) is -0.143. The molecule has 2 rings (SSSR count). The summed E-state index contributed by atoms with van der Waals surface area (Å²) in [5, 5.41) is 15.0. The second kappa shape index (κ2) is 4.11. The summed E-state index contributed by atoms with van der Waals surface area (Å²) in [4.78, 5) is 13.4. The first-order valence-corrected chi connectivity index (χ1v) is 4.61. The van der Waals surface area contributed by atoms with Gasteiger partial charge in [0.05, 0.1) is 19.2 Å². The average Bonchev–Trinajstić information content (AvgIpc) is 2.81. The maximum Gasteiger partial charge on any atom is 0.272 e. The zero-order valence-electron chi connectivity index (χ0n) is 8.01. The lowest BCUT2D eigenvalue weighted by molar-refractivity contribution is 0.00320. The fourth-order valence-electron chi connectivity index (χ4n) is 1.46. The van der Waals surface area contributed by atoms with Crippen LogP contribution in [-0.2, 0) is 4.74 Å². The van der Waals surface area contributed by atoms with Crippen LogP contribution in [0.2, 0.25) is 0 Å². The minimum absolute atomic E-state index is 0.143. The van der Waals surface area contributed by atoms with E-state index in [0.29, 0.717) is 25.4 Å². The first-order valence-electron chi connectivity index (χ1n) is 4.61. The molecule has 1 saturated heterocycles. The van der Waals surface area contributed by atoms with E-state index < -0.39 is 6.10 Å². The minimum atomic E-state index is -0.523. The quantitative estimate of drug-likeness (QED) is 0.688. The van der Waals surface area contributed by atoms with Gasteiger partial charge >= 0.3 is 0 Å². The predicted octanol–water partition coefficient (Wildman–Crippen LogP) is -0.226. The van der Waals surface area contributed by atoms with Crippen LogP contribution in [0.4, 0.5) is 0 Å². The normalized spacial score (nSPS) is 21.0. The van der Waals surface area contributed by atoms with Gasteiger partial charge in [-0.3, -0.25) is 9.89 Å². The van der Waals surface area contributed by atoms with Crippen LogP contribution in [0.3, 0.4) is 0 Å². The van der Waals surface area contributed by atoms with Gasteiger partial charge in [0, 0.05) is 12.7 Å². The number of carbonyl (C=O) groups is 1. The van der Waals surface area contributed by atoms with Gasteiger partial charge in [0.2, 0.25) is 0 Å². The Morgan fingerprint density at radius 2 is 2.67 bits per heavy atom. The summed E-state index contributed by atoms with van der Waals surface area (Å²) in [6, 6.07) is 3.60. The highest BCUT2D eigenvalue weighted by molar-refractivity contribution is 5.92. The topological polar surface area (TPSA) is 82.0 Å². The number of nitrogens with one attached hydrogen (secondary N) is 1. The number of amides is 1. The van der Waals surface area contributed by atoms with Crippen LogP contribution in [-0.4, -0.2) is 46.8 Å². The van der Waals surface area contributed by atoms with E-state index in [1.54, 1.807) is 11.0 Å². The van der Waals surface area contributed by atoms with Gasteiger partial charge in [-0.2, -0.15) is 10.4 Å². The van der Waals surface area contributed by atoms with Crippen LogP contribution in [0, 0.1) is 11.3 Å². The number of hydrogen-bond donors (Lipinski definition) is 1. The number of rotatable bonds is 1. The van der Waals surface area contributed by atoms with Crippen molar-refractivity contribution in [1.82, 2.24) is 15.1 Å². The Morgan fingerprint density at radius 1 is 1.80 bits per heavy atom. The lowest BCUT2D eigenvalue weighted by atomic mass is 10.2. The molecule has 1 fully saturated rings. The van der Waals surface area contributed by atoms with Crippen molar-refractivity contribution >= 4 is 5.91 Å². The molecule has 0 radical (unpaired) electrons. The maximum atomic E-state index is 11.8. The number of morpholine rings is 1. The van der Waals surface area contributed by atoms with Gasteiger partial charge in [-0.15, -0.1) is 0 Å². The van der Waals surface area contributed by atoms with Crippen molar-refractivity contribution in [3.63, 3.8) is 0 Å². The van der Waals surface area contributed by atoms with Crippen LogP contribution in [0.15, 0.2) is 12.3 Å². The lowest BCUT2D eigenvalue weighted by Gasteiger charge is -2.29. The summed E-state index contributed by atoms with van der Waals surface area (Å²) in [6.07, 6.45) is 1.00. The van der Waals surface area contributed by atoms with Crippen molar-refractivity contribution in [1.29, 1.82) is 5.26 Å². The Balaban J connectivity index is 2.05. The Morgan fingerprint density at radius 3 is 3.33 bits per heavy atom. The molecule has 1 unspecified atom stereocenters. The highest BCUT2D eigenvalue weighted by Gasteiger charge is 2.25. The van der Waals surface area contributed by atoms with E-state index in [9.17, 15) is 4.79 Å². The number of nitriles is 1. The van der Waals surface area contributed by atoms with E-state index >= 15 is 0 Å². The van der Waals surface area contributed by atoms with Gasteiger partial charge in [0.15, 0.2) is 6.10 Å². The molecule has 6 heteroatoms. The fraction of sp³-hybridized carbons (Fsp3) is 0.444. The van der Waals surface area contributed by atoms with E-state index in [-0.39, 0.29) is 5.91 Å².